The van der Waals surface area contributed by atoms with Gasteiger partial charge in [0.1, 0.15) is 5.76 Å². The van der Waals surface area contributed by atoms with Gasteiger partial charge in [0.25, 0.3) is 0 Å². The first-order chi connectivity index (χ1) is 10.8. The maximum Gasteiger partial charge on any atom is 0.226 e. The van der Waals surface area contributed by atoms with Gasteiger partial charge in [-0.05, 0) is 11.6 Å². The van der Waals surface area contributed by atoms with E-state index >= 15 is 0 Å². The van der Waals surface area contributed by atoms with Crippen LogP contribution in [0, 0.1) is 0 Å². The molecule has 0 atom stereocenters. The fraction of sp³-hybridized carbons (Fsp3) is 0.444. The van der Waals surface area contributed by atoms with Crippen molar-refractivity contribution >= 4 is 11.6 Å². The molecule has 0 fully saturated rings. The Hall–Kier alpha value is -2.30. The lowest BCUT2D eigenvalue weighted by atomic mass is 9.94. The zero-order chi connectivity index (χ0) is 17.0. The molecule has 5 heteroatoms. The molecule has 0 saturated carbocycles. The number of rotatable bonds is 5. The van der Waals surface area contributed by atoms with Gasteiger partial charge in [0.2, 0.25) is 11.8 Å². The molecule has 0 radical (unpaired) electrons. The van der Waals surface area contributed by atoms with Crippen LogP contribution in [0.15, 0.2) is 34.9 Å². The Morgan fingerprint density at radius 2 is 1.96 bits per heavy atom. The number of nitrogens with one attached hydrogen (secondary N) is 1. The fourth-order valence-electron chi connectivity index (χ4n) is 2.08. The number of hydrogen-bond donors (Lipinski definition) is 1. The van der Waals surface area contributed by atoms with E-state index in [2.05, 4.69) is 31.1 Å². The highest BCUT2D eigenvalue weighted by Gasteiger charge is 2.19. The van der Waals surface area contributed by atoms with Crippen molar-refractivity contribution < 1.29 is 9.21 Å². The van der Waals surface area contributed by atoms with Crippen molar-refractivity contribution in [2.24, 2.45) is 0 Å². The van der Waals surface area contributed by atoms with E-state index in [9.17, 15) is 4.79 Å². The second-order valence-electron chi connectivity index (χ2n) is 6.84. The molecule has 5 nitrogen and oxygen atoms in total. The highest BCUT2D eigenvalue weighted by atomic mass is 16.4. The van der Waals surface area contributed by atoms with Gasteiger partial charge in [0, 0.05) is 25.2 Å². The van der Waals surface area contributed by atoms with E-state index in [1.807, 2.05) is 24.3 Å². The Labute approximate surface area is 137 Å². The normalized spacial score (nSPS) is 11.3. The lowest BCUT2D eigenvalue weighted by molar-refractivity contribution is -0.127. The number of aromatic nitrogens is 1. The Morgan fingerprint density at radius 3 is 2.57 bits per heavy atom. The van der Waals surface area contributed by atoms with Crippen LogP contribution in [0.1, 0.15) is 38.0 Å². The zero-order valence-electron chi connectivity index (χ0n) is 14.5. The summed E-state index contributed by atoms with van der Waals surface area (Å²) in [4.78, 5) is 17.8. The maximum atomic E-state index is 11.9. The average Bonchev–Trinajstić information content (AvgIpc) is 2.95. The number of hydrogen-bond acceptors (Lipinski definition) is 4. The number of para-hydroxylation sites is 1. The summed E-state index contributed by atoms with van der Waals surface area (Å²) >= 11 is 0. The van der Waals surface area contributed by atoms with Crippen LogP contribution in [-0.2, 0) is 23.2 Å². The standard InChI is InChI=1S/C18H25N3O2/c1-18(2,3)15-11-20-16(23-15)12-19-14-9-7-6-8-13(14)10-17(22)21(4)5/h6-9,11,19H,10,12H2,1-5H3. The molecule has 0 saturated heterocycles. The van der Waals surface area contributed by atoms with Crippen LogP contribution in [0.2, 0.25) is 0 Å². The largest absolute Gasteiger partial charge is 0.443 e. The molecule has 2 aromatic rings. The summed E-state index contributed by atoms with van der Waals surface area (Å²) in [6, 6.07) is 7.81. The molecule has 0 unspecified atom stereocenters. The van der Waals surface area contributed by atoms with Crippen LogP contribution in [0.5, 0.6) is 0 Å². The molecular formula is C18H25N3O2. The van der Waals surface area contributed by atoms with Crippen molar-refractivity contribution in [1.29, 1.82) is 0 Å². The van der Waals surface area contributed by atoms with E-state index in [4.69, 9.17) is 4.42 Å². The molecule has 1 aromatic carbocycles. The third-order valence-electron chi connectivity index (χ3n) is 3.58. The summed E-state index contributed by atoms with van der Waals surface area (Å²) in [5.74, 6) is 1.58. The van der Waals surface area contributed by atoms with Crippen LogP contribution in [0.4, 0.5) is 5.69 Å². The van der Waals surface area contributed by atoms with Gasteiger partial charge in [-0.15, -0.1) is 0 Å². The molecule has 0 spiro atoms. The summed E-state index contributed by atoms with van der Waals surface area (Å²) in [6.07, 6.45) is 2.15. The lowest BCUT2D eigenvalue weighted by Gasteiger charge is -2.14. The van der Waals surface area contributed by atoms with Gasteiger partial charge in [0.05, 0.1) is 19.2 Å². The Morgan fingerprint density at radius 1 is 1.26 bits per heavy atom. The summed E-state index contributed by atoms with van der Waals surface area (Å²) in [6.45, 7) is 6.76. The molecular weight excluding hydrogens is 290 g/mol. The van der Waals surface area contributed by atoms with E-state index in [1.54, 1.807) is 25.2 Å². The number of carbonyl (C=O) groups excluding carboxylic acids is 1. The number of oxazole rings is 1. The van der Waals surface area contributed by atoms with E-state index in [0.29, 0.717) is 18.9 Å². The highest BCUT2D eigenvalue weighted by Crippen LogP contribution is 2.23. The minimum atomic E-state index is -0.0543. The van der Waals surface area contributed by atoms with Crippen molar-refractivity contribution in [3.05, 3.63) is 47.7 Å². The van der Waals surface area contributed by atoms with Crippen molar-refractivity contribution in [1.82, 2.24) is 9.88 Å². The van der Waals surface area contributed by atoms with E-state index in [1.165, 1.54) is 0 Å². The molecule has 0 bridgehead atoms. The van der Waals surface area contributed by atoms with E-state index in [-0.39, 0.29) is 11.3 Å². The smallest absolute Gasteiger partial charge is 0.226 e. The molecule has 2 rings (SSSR count). The third-order valence-corrected chi connectivity index (χ3v) is 3.58. The van der Waals surface area contributed by atoms with E-state index in [0.717, 1.165) is 17.0 Å². The summed E-state index contributed by atoms with van der Waals surface area (Å²) in [5.41, 5.74) is 1.84. The maximum absolute atomic E-state index is 11.9. The molecule has 1 N–H and O–H groups in total. The van der Waals surface area contributed by atoms with Gasteiger partial charge in [0.15, 0.2) is 0 Å². The molecule has 0 aliphatic rings. The van der Waals surface area contributed by atoms with Gasteiger partial charge in [-0.1, -0.05) is 39.0 Å². The predicted molar refractivity (Wildman–Crippen MR) is 91.4 cm³/mol. The van der Waals surface area contributed by atoms with Crippen LogP contribution in [0.3, 0.4) is 0 Å². The Kier molecular flexibility index (Phi) is 5.08. The van der Waals surface area contributed by atoms with Crippen molar-refractivity contribution in [3.63, 3.8) is 0 Å². The van der Waals surface area contributed by atoms with Gasteiger partial charge in [-0.2, -0.15) is 0 Å². The minimum Gasteiger partial charge on any atom is -0.443 e. The second kappa shape index (κ2) is 6.86. The van der Waals surface area contributed by atoms with Gasteiger partial charge in [-0.25, -0.2) is 4.98 Å². The average molecular weight is 315 g/mol. The van der Waals surface area contributed by atoms with Crippen LogP contribution in [0.25, 0.3) is 0 Å². The predicted octanol–water partition coefficient (Wildman–Crippen LogP) is 3.21. The first-order valence-electron chi connectivity index (χ1n) is 7.74. The molecule has 124 valence electrons. The molecule has 0 aliphatic heterocycles. The first-order valence-corrected chi connectivity index (χ1v) is 7.74. The second-order valence-corrected chi connectivity index (χ2v) is 6.84. The molecule has 1 heterocycles. The topological polar surface area (TPSA) is 58.4 Å². The highest BCUT2D eigenvalue weighted by molar-refractivity contribution is 5.80. The van der Waals surface area contributed by atoms with Gasteiger partial charge < -0.3 is 14.6 Å². The molecule has 1 aromatic heterocycles. The third kappa shape index (κ3) is 4.58. The van der Waals surface area contributed by atoms with Crippen molar-refractivity contribution in [2.45, 2.75) is 39.2 Å². The molecule has 23 heavy (non-hydrogen) atoms. The summed E-state index contributed by atoms with van der Waals surface area (Å²) in [5, 5.41) is 3.31. The van der Waals surface area contributed by atoms with Crippen molar-refractivity contribution in [2.75, 3.05) is 19.4 Å². The lowest BCUT2D eigenvalue weighted by Crippen LogP contribution is -2.23. The Balaban J connectivity index is 2.06. The van der Waals surface area contributed by atoms with Crippen LogP contribution < -0.4 is 5.32 Å². The monoisotopic (exact) mass is 315 g/mol. The number of amides is 1. The fourth-order valence-corrected chi connectivity index (χ4v) is 2.08. The Bertz CT molecular complexity index is 669. The number of benzene rings is 1. The van der Waals surface area contributed by atoms with Crippen LogP contribution >= 0.6 is 0 Å². The SMILES string of the molecule is CN(C)C(=O)Cc1ccccc1NCc1ncc(C(C)(C)C)o1. The van der Waals surface area contributed by atoms with Crippen LogP contribution in [-0.4, -0.2) is 29.9 Å². The first kappa shape index (κ1) is 17.1. The number of carbonyl (C=O) groups is 1. The molecule has 1 amide bonds. The zero-order valence-corrected chi connectivity index (χ0v) is 14.5. The van der Waals surface area contributed by atoms with E-state index < -0.39 is 0 Å². The molecule has 0 aliphatic carbocycles. The minimum absolute atomic E-state index is 0.0543. The number of nitrogens with zero attached hydrogens (tertiary/aromatic N) is 2. The summed E-state index contributed by atoms with van der Waals surface area (Å²) in [7, 11) is 3.53. The summed E-state index contributed by atoms with van der Waals surface area (Å²) < 4.78 is 5.78. The number of likely N-dealkylation sites (N-methyl/N-ethyl adjacent to an activating group) is 1. The van der Waals surface area contributed by atoms with Gasteiger partial charge in [-0.3, -0.25) is 4.79 Å². The van der Waals surface area contributed by atoms with Gasteiger partial charge >= 0.3 is 0 Å². The quantitative estimate of drug-likeness (QED) is 0.920. The number of anilines is 1. The van der Waals surface area contributed by atoms with Crippen molar-refractivity contribution in [3.8, 4) is 0 Å².